The molecule has 1 aromatic carbocycles. The molecule has 0 saturated carbocycles. The molecule has 1 atom stereocenters. The maximum absolute atomic E-state index is 12.2. The van der Waals surface area contributed by atoms with Crippen LogP contribution >= 0.6 is 0 Å². The first-order chi connectivity index (χ1) is 11.7. The molecular formula is C19H22N4O. The molecule has 2 aliphatic heterocycles. The molecule has 0 spiro atoms. The lowest BCUT2D eigenvalue weighted by Gasteiger charge is -2.32. The number of nitrogens with one attached hydrogen (secondary N) is 1. The lowest BCUT2D eigenvalue weighted by atomic mass is 10.1. The van der Waals surface area contributed by atoms with Gasteiger partial charge in [0.2, 0.25) is 5.91 Å². The van der Waals surface area contributed by atoms with E-state index < -0.39 is 0 Å². The summed E-state index contributed by atoms with van der Waals surface area (Å²) in [5.74, 6) is 1.03. The first-order valence-electron chi connectivity index (χ1n) is 8.49. The van der Waals surface area contributed by atoms with Crippen molar-refractivity contribution in [2.75, 3.05) is 23.8 Å². The van der Waals surface area contributed by atoms with Crippen LogP contribution in [0.4, 0.5) is 11.5 Å². The Morgan fingerprint density at radius 3 is 2.88 bits per heavy atom. The average Bonchev–Trinajstić information content (AvgIpc) is 3.06. The zero-order valence-corrected chi connectivity index (χ0v) is 13.9. The van der Waals surface area contributed by atoms with Crippen LogP contribution in [0.1, 0.15) is 24.0 Å². The second-order valence-corrected chi connectivity index (χ2v) is 6.71. The summed E-state index contributed by atoms with van der Waals surface area (Å²) in [6, 6.07) is 12.5. The number of pyridine rings is 1. The van der Waals surface area contributed by atoms with Crippen LogP contribution in [0.2, 0.25) is 0 Å². The Bertz CT molecular complexity index is 746. The highest BCUT2D eigenvalue weighted by Gasteiger charge is 2.37. The van der Waals surface area contributed by atoms with E-state index in [1.165, 1.54) is 5.56 Å². The Balaban J connectivity index is 1.49. The van der Waals surface area contributed by atoms with Crippen molar-refractivity contribution in [1.82, 2.24) is 9.88 Å². The fourth-order valence-electron chi connectivity index (χ4n) is 3.68. The van der Waals surface area contributed by atoms with Gasteiger partial charge in [0.1, 0.15) is 6.04 Å². The molecule has 4 rings (SSSR count). The fourth-order valence-corrected chi connectivity index (χ4v) is 3.68. The molecule has 2 aliphatic rings. The van der Waals surface area contributed by atoms with Crippen molar-refractivity contribution < 1.29 is 4.79 Å². The zero-order valence-electron chi connectivity index (χ0n) is 13.9. The first-order valence-corrected chi connectivity index (χ1v) is 8.49. The van der Waals surface area contributed by atoms with Crippen molar-refractivity contribution in [3.63, 3.8) is 0 Å². The molecule has 1 amide bonds. The number of hydrogen-bond donors (Lipinski definition) is 1. The fraction of sp³-hybridized carbons (Fsp3) is 0.368. The largest absolute Gasteiger partial charge is 0.343 e. The van der Waals surface area contributed by atoms with Crippen molar-refractivity contribution in [2.45, 2.75) is 32.0 Å². The first kappa shape index (κ1) is 15.1. The Kier molecular flexibility index (Phi) is 3.94. The van der Waals surface area contributed by atoms with Crippen LogP contribution in [-0.2, 0) is 17.9 Å². The van der Waals surface area contributed by atoms with Crippen molar-refractivity contribution in [3.05, 3.63) is 53.7 Å². The molecule has 5 heteroatoms. The van der Waals surface area contributed by atoms with Crippen LogP contribution < -0.4 is 10.2 Å². The number of aromatic nitrogens is 1. The van der Waals surface area contributed by atoms with E-state index in [1.807, 2.05) is 12.3 Å². The molecule has 3 heterocycles. The second kappa shape index (κ2) is 6.24. The van der Waals surface area contributed by atoms with Gasteiger partial charge < -0.3 is 10.2 Å². The molecule has 0 radical (unpaired) electrons. The van der Waals surface area contributed by atoms with Gasteiger partial charge in [0, 0.05) is 25.8 Å². The molecule has 0 bridgehead atoms. The van der Waals surface area contributed by atoms with E-state index in [1.54, 1.807) is 0 Å². The highest BCUT2D eigenvalue weighted by atomic mass is 16.2. The summed E-state index contributed by atoms with van der Waals surface area (Å²) in [7, 11) is 2.10. The van der Waals surface area contributed by atoms with Gasteiger partial charge in [-0.2, -0.15) is 0 Å². The minimum atomic E-state index is -0.0309. The van der Waals surface area contributed by atoms with E-state index in [0.29, 0.717) is 0 Å². The molecule has 1 N–H and O–H groups in total. The van der Waals surface area contributed by atoms with E-state index in [0.717, 1.165) is 49.5 Å². The topological polar surface area (TPSA) is 48.5 Å². The van der Waals surface area contributed by atoms with Crippen LogP contribution in [0.25, 0.3) is 0 Å². The number of carbonyl (C=O) groups excluding carboxylic acids is 1. The van der Waals surface area contributed by atoms with E-state index in [2.05, 4.69) is 57.5 Å². The third kappa shape index (κ3) is 2.87. The molecule has 24 heavy (non-hydrogen) atoms. The second-order valence-electron chi connectivity index (χ2n) is 6.71. The van der Waals surface area contributed by atoms with Gasteiger partial charge in [-0.15, -0.1) is 0 Å². The van der Waals surface area contributed by atoms with Crippen molar-refractivity contribution in [3.8, 4) is 0 Å². The van der Waals surface area contributed by atoms with Gasteiger partial charge in [-0.05, 0) is 37.1 Å². The molecule has 5 nitrogen and oxygen atoms in total. The molecular weight excluding hydrogens is 300 g/mol. The van der Waals surface area contributed by atoms with Crippen LogP contribution in [0, 0.1) is 0 Å². The predicted molar refractivity (Wildman–Crippen MR) is 94.8 cm³/mol. The highest BCUT2D eigenvalue weighted by molar-refractivity contribution is 6.03. The number of benzene rings is 1. The van der Waals surface area contributed by atoms with E-state index in [4.69, 9.17) is 0 Å². The third-order valence-electron chi connectivity index (χ3n) is 4.76. The molecule has 0 unspecified atom stereocenters. The molecule has 2 aromatic rings. The van der Waals surface area contributed by atoms with Gasteiger partial charge in [0.25, 0.3) is 0 Å². The average molecular weight is 322 g/mol. The molecule has 124 valence electrons. The Labute approximate surface area is 142 Å². The summed E-state index contributed by atoms with van der Waals surface area (Å²) in [6.07, 6.45) is 3.92. The van der Waals surface area contributed by atoms with Crippen molar-refractivity contribution >= 4 is 17.4 Å². The minimum Gasteiger partial charge on any atom is -0.343 e. The summed E-state index contributed by atoms with van der Waals surface area (Å²) in [4.78, 5) is 21.3. The third-order valence-corrected chi connectivity index (χ3v) is 4.76. The van der Waals surface area contributed by atoms with Gasteiger partial charge in [0.15, 0.2) is 5.82 Å². The summed E-state index contributed by atoms with van der Waals surface area (Å²) in [5, 5.41) is 3.03. The van der Waals surface area contributed by atoms with Gasteiger partial charge in [-0.25, -0.2) is 4.98 Å². The Morgan fingerprint density at radius 2 is 2.04 bits per heavy atom. The maximum Gasteiger partial charge on any atom is 0.247 e. The predicted octanol–water partition coefficient (Wildman–Crippen LogP) is 2.63. The van der Waals surface area contributed by atoms with Gasteiger partial charge in [0.05, 0.1) is 5.69 Å². The molecule has 1 fully saturated rings. The standard InChI is InChI=1S/C19H22N4O/c1-22(12-14-6-3-2-4-7-14)13-15-10-16-18(20-11-15)23-9-5-8-17(23)19(24)21-16/h2-4,6-7,10-11,17H,5,8-9,12-13H2,1H3,(H,21,24)/t17-/m0/s1. The molecule has 1 aromatic heterocycles. The van der Waals surface area contributed by atoms with Gasteiger partial charge >= 0.3 is 0 Å². The normalized spacial score (nSPS) is 19.2. The van der Waals surface area contributed by atoms with Gasteiger partial charge in [-0.3, -0.25) is 9.69 Å². The zero-order chi connectivity index (χ0) is 16.5. The maximum atomic E-state index is 12.2. The van der Waals surface area contributed by atoms with Gasteiger partial charge in [-0.1, -0.05) is 30.3 Å². The number of anilines is 2. The summed E-state index contributed by atoms with van der Waals surface area (Å²) in [5.41, 5.74) is 3.26. The molecule has 0 aliphatic carbocycles. The quantitative estimate of drug-likeness (QED) is 0.940. The number of hydrogen-bond acceptors (Lipinski definition) is 4. The lowest BCUT2D eigenvalue weighted by molar-refractivity contribution is -0.117. The van der Waals surface area contributed by atoms with E-state index in [-0.39, 0.29) is 11.9 Å². The lowest BCUT2D eigenvalue weighted by Crippen LogP contribution is -2.44. The Hall–Kier alpha value is -2.40. The number of nitrogens with zero attached hydrogens (tertiary/aromatic N) is 3. The minimum absolute atomic E-state index is 0.0309. The molecule has 1 saturated heterocycles. The number of amides is 1. The highest BCUT2D eigenvalue weighted by Crippen LogP contribution is 2.35. The summed E-state index contributed by atoms with van der Waals surface area (Å²) < 4.78 is 0. The summed E-state index contributed by atoms with van der Waals surface area (Å²) >= 11 is 0. The number of carbonyl (C=O) groups is 1. The van der Waals surface area contributed by atoms with Crippen LogP contribution in [0.15, 0.2) is 42.6 Å². The number of fused-ring (bicyclic) bond motifs is 3. The monoisotopic (exact) mass is 322 g/mol. The summed E-state index contributed by atoms with van der Waals surface area (Å²) in [6.45, 7) is 2.61. The Morgan fingerprint density at radius 1 is 1.25 bits per heavy atom. The number of rotatable bonds is 4. The van der Waals surface area contributed by atoms with Crippen molar-refractivity contribution in [2.24, 2.45) is 0 Å². The smallest absolute Gasteiger partial charge is 0.247 e. The van der Waals surface area contributed by atoms with Crippen LogP contribution in [0.3, 0.4) is 0 Å². The van der Waals surface area contributed by atoms with E-state index in [9.17, 15) is 4.79 Å². The SMILES string of the molecule is CN(Cc1ccccc1)Cc1cnc2c(c1)NC(=O)[C@@H]1CCCN21. The van der Waals surface area contributed by atoms with Crippen LogP contribution in [-0.4, -0.2) is 35.4 Å². The van der Waals surface area contributed by atoms with Crippen molar-refractivity contribution in [1.29, 1.82) is 0 Å². The van der Waals surface area contributed by atoms with Crippen LogP contribution in [0.5, 0.6) is 0 Å². The van der Waals surface area contributed by atoms with E-state index >= 15 is 0 Å².